The zero-order chi connectivity index (χ0) is 10.8. The standard InChI is InChI=1S/C10H16N2O3/c1-15-10(14)8-6-7(8)9(13)12-4-2-11-3-5-12/h7-8,11H,2-6H2,1H3. The van der Waals surface area contributed by atoms with Crippen molar-refractivity contribution >= 4 is 11.9 Å². The first-order chi connectivity index (χ1) is 7.24. The average Bonchev–Trinajstić information content (AvgIpc) is 3.08. The third kappa shape index (κ3) is 2.12. The predicted octanol–water partition coefficient (Wildman–Crippen LogP) is -0.773. The van der Waals surface area contributed by atoms with Crippen LogP contribution < -0.4 is 5.32 Å². The maximum atomic E-state index is 11.9. The molecular formula is C10H16N2O3. The van der Waals surface area contributed by atoms with E-state index in [2.05, 4.69) is 10.1 Å². The summed E-state index contributed by atoms with van der Waals surface area (Å²) in [6, 6.07) is 0. The van der Waals surface area contributed by atoms with Gasteiger partial charge in [0, 0.05) is 26.2 Å². The molecule has 0 bridgehead atoms. The molecule has 15 heavy (non-hydrogen) atoms. The summed E-state index contributed by atoms with van der Waals surface area (Å²) < 4.78 is 4.62. The summed E-state index contributed by atoms with van der Waals surface area (Å²) in [5.74, 6) is -0.427. The van der Waals surface area contributed by atoms with E-state index in [1.54, 1.807) is 0 Å². The van der Waals surface area contributed by atoms with Gasteiger partial charge in [0.1, 0.15) is 0 Å². The fourth-order valence-electron chi connectivity index (χ4n) is 2.00. The van der Waals surface area contributed by atoms with Crippen LogP contribution in [0.15, 0.2) is 0 Å². The summed E-state index contributed by atoms with van der Waals surface area (Å²) in [4.78, 5) is 24.9. The number of carbonyl (C=O) groups excluding carboxylic acids is 2. The van der Waals surface area contributed by atoms with Gasteiger partial charge in [-0.25, -0.2) is 0 Å². The first kappa shape index (κ1) is 10.4. The van der Waals surface area contributed by atoms with Crippen LogP contribution in [-0.2, 0) is 14.3 Å². The first-order valence-electron chi connectivity index (χ1n) is 5.31. The molecule has 0 aromatic heterocycles. The molecule has 1 amide bonds. The van der Waals surface area contributed by atoms with Crippen LogP contribution in [-0.4, -0.2) is 50.1 Å². The number of hydrogen-bond acceptors (Lipinski definition) is 4. The zero-order valence-corrected chi connectivity index (χ0v) is 8.86. The van der Waals surface area contributed by atoms with Gasteiger partial charge in [-0.05, 0) is 6.42 Å². The Labute approximate surface area is 88.8 Å². The van der Waals surface area contributed by atoms with E-state index in [0.717, 1.165) is 26.2 Å². The molecule has 5 nitrogen and oxygen atoms in total. The molecule has 1 heterocycles. The molecule has 2 atom stereocenters. The number of hydrogen-bond donors (Lipinski definition) is 1. The molecule has 2 fully saturated rings. The minimum atomic E-state index is -0.247. The van der Waals surface area contributed by atoms with Crippen LogP contribution >= 0.6 is 0 Å². The number of amides is 1. The molecule has 0 spiro atoms. The van der Waals surface area contributed by atoms with Gasteiger partial charge >= 0.3 is 5.97 Å². The van der Waals surface area contributed by atoms with Gasteiger partial charge in [-0.15, -0.1) is 0 Å². The maximum absolute atomic E-state index is 11.9. The third-order valence-corrected chi connectivity index (χ3v) is 3.04. The number of rotatable bonds is 2. The molecule has 2 unspecified atom stereocenters. The summed E-state index contributed by atoms with van der Waals surface area (Å²) in [5, 5.41) is 3.19. The highest BCUT2D eigenvalue weighted by Gasteiger charge is 2.50. The number of ether oxygens (including phenoxy) is 1. The summed E-state index contributed by atoms with van der Waals surface area (Å²) in [7, 11) is 1.37. The molecule has 1 saturated carbocycles. The van der Waals surface area contributed by atoms with Gasteiger partial charge in [-0.2, -0.15) is 0 Å². The van der Waals surface area contributed by atoms with Crippen LogP contribution in [0.2, 0.25) is 0 Å². The van der Waals surface area contributed by atoms with E-state index in [0.29, 0.717) is 6.42 Å². The number of piperazine rings is 1. The van der Waals surface area contributed by atoms with E-state index in [9.17, 15) is 9.59 Å². The second-order valence-corrected chi connectivity index (χ2v) is 4.05. The number of nitrogens with zero attached hydrogens (tertiary/aromatic N) is 1. The molecule has 1 saturated heterocycles. The van der Waals surface area contributed by atoms with Gasteiger partial charge in [0.05, 0.1) is 18.9 Å². The lowest BCUT2D eigenvalue weighted by atomic mass is 10.2. The Hall–Kier alpha value is -1.10. The van der Waals surface area contributed by atoms with Crippen molar-refractivity contribution in [1.29, 1.82) is 0 Å². The molecule has 1 aliphatic carbocycles. The zero-order valence-electron chi connectivity index (χ0n) is 8.86. The Morgan fingerprint density at radius 1 is 1.27 bits per heavy atom. The predicted molar refractivity (Wildman–Crippen MR) is 53.1 cm³/mol. The van der Waals surface area contributed by atoms with Crippen molar-refractivity contribution in [3.8, 4) is 0 Å². The van der Waals surface area contributed by atoms with Crippen molar-refractivity contribution in [1.82, 2.24) is 10.2 Å². The highest BCUT2D eigenvalue weighted by molar-refractivity contribution is 5.90. The number of carbonyl (C=O) groups is 2. The van der Waals surface area contributed by atoms with Crippen LogP contribution in [0.25, 0.3) is 0 Å². The lowest BCUT2D eigenvalue weighted by Gasteiger charge is -2.27. The molecule has 1 N–H and O–H groups in total. The Bertz CT molecular complexity index is 274. The second-order valence-electron chi connectivity index (χ2n) is 4.05. The largest absolute Gasteiger partial charge is 0.469 e. The van der Waals surface area contributed by atoms with E-state index in [1.165, 1.54) is 7.11 Å². The Balaban J connectivity index is 1.85. The summed E-state index contributed by atoms with van der Waals surface area (Å²) >= 11 is 0. The van der Waals surface area contributed by atoms with E-state index in [1.807, 2.05) is 4.90 Å². The fourth-order valence-corrected chi connectivity index (χ4v) is 2.00. The van der Waals surface area contributed by atoms with E-state index in [-0.39, 0.29) is 23.7 Å². The Morgan fingerprint density at radius 3 is 2.53 bits per heavy atom. The summed E-state index contributed by atoms with van der Waals surface area (Å²) in [6.07, 6.45) is 0.662. The van der Waals surface area contributed by atoms with Gasteiger partial charge in [0.2, 0.25) is 5.91 Å². The third-order valence-electron chi connectivity index (χ3n) is 3.04. The second kappa shape index (κ2) is 4.18. The summed E-state index contributed by atoms with van der Waals surface area (Å²) in [6.45, 7) is 3.20. The molecular weight excluding hydrogens is 196 g/mol. The van der Waals surface area contributed by atoms with Gasteiger partial charge in [-0.1, -0.05) is 0 Å². The van der Waals surface area contributed by atoms with Crippen molar-refractivity contribution in [2.75, 3.05) is 33.3 Å². The molecule has 0 radical (unpaired) electrons. The lowest BCUT2D eigenvalue weighted by molar-refractivity contribution is -0.144. The molecule has 5 heteroatoms. The highest BCUT2D eigenvalue weighted by Crippen LogP contribution is 2.40. The number of nitrogens with one attached hydrogen (secondary N) is 1. The van der Waals surface area contributed by atoms with E-state index >= 15 is 0 Å². The molecule has 0 aromatic rings. The minimum Gasteiger partial charge on any atom is -0.469 e. The van der Waals surface area contributed by atoms with Crippen LogP contribution in [0.3, 0.4) is 0 Å². The topological polar surface area (TPSA) is 58.6 Å². The first-order valence-corrected chi connectivity index (χ1v) is 5.31. The molecule has 84 valence electrons. The van der Waals surface area contributed by atoms with Crippen molar-refractivity contribution in [2.24, 2.45) is 11.8 Å². The normalized spacial score (nSPS) is 29.8. The monoisotopic (exact) mass is 212 g/mol. The fraction of sp³-hybridized carbons (Fsp3) is 0.800. The van der Waals surface area contributed by atoms with Crippen molar-refractivity contribution in [3.63, 3.8) is 0 Å². The van der Waals surface area contributed by atoms with Crippen LogP contribution in [0.5, 0.6) is 0 Å². The SMILES string of the molecule is COC(=O)C1CC1C(=O)N1CCNCC1. The van der Waals surface area contributed by atoms with Crippen LogP contribution in [0.1, 0.15) is 6.42 Å². The van der Waals surface area contributed by atoms with Crippen LogP contribution in [0.4, 0.5) is 0 Å². The van der Waals surface area contributed by atoms with E-state index in [4.69, 9.17) is 0 Å². The molecule has 0 aromatic carbocycles. The highest BCUT2D eigenvalue weighted by atomic mass is 16.5. The van der Waals surface area contributed by atoms with Gasteiger partial charge in [-0.3, -0.25) is 9.59 Å². The van der Waals surface area contributed by atoms with Crippen molar-refractivity contribution in [3.05, 3.63) is 0 Å². The van der Waals surface area contributed by atoms with Gasteiger partial charge in [0.25, 0.3) is 0 Å². The van der Waals surface area contributed by atoms with Crippen molar-refractivity contribution in [2.45, 2.75) is 6.42 Å². The molecule has 1 aliphatic heterocycles. The van der Waals surface area contributed by atoms with Gasteiger partial charge in [0.15, 0.2) is 0 Å². The van der Waals surface area contributed by atoms with E-state index < -0.39 is 0 Å². The number of esters is 1. The Morgan fingerprint density at radius 2 is 1.93 bits per heavy atom. The van der Waals surface area contributed by atoms with Crippen molar-refractivity contribution < 1.29 is 14.3 Å². The Kier molecular flexibility index (Phi) is 2.90. The van der Waals surface area contributed by atoms with Crippen LogP contribution in [0, 0.1) is 11.8 Å². The smallest absolute Gasteiger partial charge is 0.309 e. The quantitative estimate of drug-likeness (QED) is 0.610. The summed E-state index contributed by atoms with van der Waals surface area (Å²) in [5.41, 5.74) is 0. The lowest BCUT2D eigenvalue weighted by Crippen LogP contribution is -2.47. The minimum absolute atomic E-state index is 0.115. The maximum Gasteiger partial charge on any atom is 0.309 e. The van der Waals surface area contributed by atoms with Gasteiger partial charge < -0.3 is 15.0 Å². The molecule has 2 rings (SSSR count). The number of methoxy groups -OCH3 is 1. The molecule has 2 aliphatic rings. The average molecular weight is 212 g/mol.